The van der Waals surface area contributed by atoms with Gasteiger partial charge in [-0.05, 0) is 27.9 Å². The van der Waals surface area contributed by atoms with Crippen molar-refractivity contribution in [1.82, 2.24) is 0 Å². The van der Waals surface area contributed by atoms with E-state index in [9.17, 15) is 9.90 Å². The van der Waals surface area contributed by atoms with Gasteiger partial charge >= 0.3 is 5.97 Å². The van der Waals surface area contributed by atoms with Crippen LogP contribution in [0.4, 0.5) is 0 Å². The Hall–Kier alpha value is -2.65. The van der Waals surface area contributed by atoms with Crippen molar-refractivity contribution in [3.05, 3.63) is 91.0 Å². The molecular formula is C23H22O2Si. The summed E-state index contributed by atoms with van der Waals surface area (Å²) >= 11 is 0. The van der Waals surface area contributed by atoms with E-state index in [1.807, 2.05) is 54.6 Å². The molecule has 130 valence electrons. The molecule has 1 saturated carbocycles. The third-order valence-corrected chi connectivity index (χ3v) is 11.8. The van der Waals surface area contributed by atoms with Crippen LogP contribution in [0.1, 0.15) is 13.3 Å². The topological polar surface area (TPSA) is 37.3 Å². The molecule has 0 aromatic heterocycles. The zero-order valence-corrected chi connectivity index (χ0v) is 15.8. The first kappa shape index (κ1) is 16.8. The summed E-state index contributed by atoms with van der Waals surface area (Å²) in [6.45, 7) is 2.09. The van der Waals surface area contributed by atoms with E-state index in [2.05, 4.69) is 43.3 Å². The number of carbonyl (C=O) groups is 1. The molecule has 1 aliphatic rings. The summed E-state index contributed by atoms with van der Waals surface area (Å²) in [5.41, 5.74) is 0. The fourth-order valence-corrected chi connectivity index (χ4v) is 11.0. The minimum atomic E-state index is -2.77. The van der Waals surface area contributed by atoms with Gasteiger partial charge in [-0.2, -0.15) is 0 Å². The van der Waals surface area contributed by atoms with Gasteiger partial charge in [-0.25, -0.2) is 0 Å². The van der Waals surface area contributed by atoms with Gasteiger partial charge in [0, 0.05) is 0 Å². The Kier molecular flexibility index (Phi) is 4.04. The molecule has 4 rings (SSSR count). The van der Waals surface area contributed by atoms with Gasteiger partial charge in [0.1, 0.15) is 0 Å². The van der Waals surface area contributed by atoms with Crippen LogP contribution < -0.4 is 15.6 Å². The lowest BCUT2D eigenvalue weighted by Crippen LogP contribution is -2.72. The van der Waals surface area contributed by atoms with Gasteiger partial charge in [-0.3, -0.25) is 4.79 Å². The van der Waals surface area contributed by atoms with E-state index in [1.54, 1.807) is 0 Å². The zero-order valence-electron chi connectivity index (χ0n) is 14.8. The van der Waals surface area contributed by atoms with Crippen molar-refractivity contribution in [2.45, 2.75) is 18.4 Å². The van der Waals surface area contributed by atoms with Gasteiger partial charge in [0.2, 0.25) is 0 Å². The van der Waals surface area contributed by atoms with E-state index >= 15 is 0 Å². The maximum atomic E-state index is 12.7. The maximum Gasteiger partial charge on any atom is 0.308 e. The van der Waals surface area contributed by atoms with E-state index < -0.39 is 19.1 Å². The molecular weight excluding hydrogens is 336 g/mol. The molecule has 0 saturated heterocycles. The number of hydrogen-bond acceptors (Lipinski definition) is 1. The summed E-state index contributed by atoms with van der Waals surface area (Å²) in [5.74, 6) is -0.500. The number of carboxylic acid groups (broad SMARTS) is 1. The van der Waals surface area contributed by atoms with Gasteiger partial charge in [0.05, 0.1) is 5.04 Å². The van der Waals surface area contributed by atoms with Crippen molar-refractivity contribution >= 4 is 29.6 Å². The third-order valence-electron chi connectivity index (χ3n) is 5.98. The van der Waals surface area contributed by atoms with Crippen LogP contribution in [0.3, 0.4) is 0 Å². The van der Waals surface area contributed by atoms with E-state index in [0.29, 0.717) is 0 Å². The molecule has 0 radical (unpaired) electrons. The Labute approximate surface area is 155 Å². The largest absolute Gasteiger partial charge is 0.481 e. The third kappa shape index (κ3) is 2.20. The highest BCUT2D eigenvalue weighted by molar-refractivity contribution is 7.15. The number of hydrogen-bond donors (Lipinski definition) is 1. The standard InChI is InChI=1S/C23H22O2Si/c1-18-17-23(18,22(24)25)26(19-11-5-2-6-12-19,20-13-7-3-8-14-20)21-15-9-4-10-16-21/h2-16,18H,17H2,1H3,(H,24,25). The second-order valence-electron chi connectivity index (χ2n) is 7.23. The van der Waals surface area contributed by atoms with E-state index in [4.69, 9.17) is 0 Å². The Morgan fingerprint density at radius 2 is 1.12 bits per heavy atom. The van der Waals surface area contributed by atoms with Gasteiger partial charge in [-0.15, -0.1) is 0 Å². The minimum Gasteiger partial charge on any atom is -0.481 e. The van der Waals surface area contributed by atoms with Crippen LogP contribution in [-0.2, 0) is 4.79 Å². The average Bonchev–Trinajstić information content (AvgIpc) is 3.38. The fraction of sp³-hybridized carbons (Fsp3) is 0.174. The van der Waals surface area contributed by atoms with Crippen molar-refractivity contribution in [2.24, 2.45) is 5.92 Å². The lowest BCUT2D eigenvalue weighted by Gasteiger charge is -2.39. The summed E-state index contributed by atoms with van der Waals surface area (Å²) in [5, 5.41) is 13.2. The highest BCUT2D eigenvalue weighted by Gasteiger charge is 2.72. The van der Waals surface area contributed by atoms with Crippen molar-refractivity contribution in [1.29, 1.82) is 0 Å². The van der Waals surface area contributed by atoms with Gasteiger partial charge in [-0.1, -0.05) is 97.9 Å². The quantitative estimate of drug-likeness (QED) is 0.562. The smallest absolute Gasteiger partial charge is 0.308 e. The van der Waals surface area contributed by atoms with E-state index in [1.165, 1.54) is 15.6 Å². The molecule has 3 aromatic rings. The average molecular weight is 359 g/mol. The predicted molar refractivity (Wildman–Crippen MR) is 108 cm³/mol. The molecule has 2 atom stereocenters. The molecule has 3 aromatic carbocycles. The molecule has 1 fully saturated rings. The second kappa shape index (κ2) is 6.26. The van der Waals surface area contributed by atoms with Crippen molar-refractivity contribution in [2.75, 3.05) is 0 Å². The molecule has 0 heterocycles. The van der Waals surface area contributed by atoms with Crippen LogP contribution in [0, 0.1) is 5.92 Å². The molecule has 2 unspecified atom stereocenters. The number of carboxylic acids is 1. The molecule has 0 bridgehead atoms. The highest BCUT2D eigenvalue weighted by atomic mass is 28.3. The number of aliphatic carboxylic acids is 1. The van der Waals surface area contributed by atoms with Crippen LogP contribution in [-0.4, -0.2) is 19.1 Å². The molecule has 0 amide bonds. The van der Waals surface area contributed by atoms with Crippen LogP contribution in [0.15, 0.2) is 91.0 Å². The summed E-state index contributed by atoms with van der Waals surface area (Å²) in [7, 11) is -2.77. The lowest BCUT2D eigenvalue weighted by atomic mass is 10.3. The summed E-state index contributed by atoms with van der Waals surface area (Å²) < 4.78 is 0. The molecule has 2 nitrogen and oxygen atoms in total. The van der Waals surface area contributed by atoms with Gasteiger partial charge < -0.3 is 5.11 Å². The zero-order chi connectivity index (χ0) is 18.2. The second-order valence-corrected chi connectivity index (χ2v) is 11.4. The van der Waals surface area contributed by atoms with Crippen LogP contribution >= 0.6 is 0 Å². The molecule has 1 aliphatic carbocycles. The van der Waals surface area contributed by atoms with E-state index in [0.717, 1.165) is 6.42 Å². The molecule has 1 N–H and O–H groups in total. The monoisotopic (exact) mass is 358 g/mol. The first-order chi connectivity index (χ1) is 12.6. The molecule has 3 heteroatoms. The van der Waals surface area contributed by atoms with Crippen molar-refractivity contribution in [3.63, 3.8) is 0 Å². The van der Waals surface area contributed by atoms with Crippen LogP contribution in [0.2, 0.25) is 5.04 Å². The van der Waals surface area contributed by atoms with Crippen molar-refractivity contribution in [3.8, 4) is 0 Å². The normalized spacial score (nSPS) is 22.0. The first-order valence-electron chi connectivity index (χ1n) is 9.04. The SMILES string of the molecule is CC1CC1(C(=O)O)[Si](c1ccccc1)(c1ccccc1)c1ccccc1. The lowest BCUT2D eigenvalue weighted by molar-refractivity contribution is -0.138. The van der Waals surface area contributed by atoms with Crippen LogP contribution in [0.25, 0.3) is 0 Å². The Morgan fingerprint density at radius 1 is 0.808 bits per heavy atom. The number of benzene rings is 3. The summed E-state index contributed by atoms with van der Waals surface area (Å²) in [4.78, 5) is 12.7. The van der Waals surface area contributed by atoms with Crippen LogP contribution in [0.5, 0.6) is 0 Å². The van der Waals surface area contributed by atoms with E-state index in [-0.39, 0.29) is 5.92 Å². The fourth-order valence-electron chi connectivity index (χ4n) is 4.74. The molecule has 0 spiro atoms. The molecule has 0 aliphatic heterocycles. The first-order valence-corrected chi connectivity index (χ1v) is 11.0. The predicted octanol–water partition coefficient (Wildman–Crippen LogP) is 3.02. The summed E-state index contributed by atoms with van der Waals surface area (Å²) in [6, 6.07) is 31.0. The maximum absolute atomic E-state index is 12.7. The summed E-state index contributed by atoms with van der Waals surface area (Å²) in [6.07, 6.45) is 0.729. The Bertz CT molecular complexity index is 812. The van der Waals surface area contributed by atoms with Crippen molar-refractivity contribution < 1.29 is 9.90 Å². The number of rotatable bonds is 5. The highest BCUT2D eigenvalue weighted by Crippen LogP contribution is 2.65. The van der Waals surface area contributed by atoms with Gasteiger partial charge in [0.25, 0.3) is 0 Å². The Morgan fingerprint density at radius 3 is 1.35 bits per heavy atom. The minimum absolute atomic E-state index is 0.160. The van der Waals surface area contributed by atoms with Gasteiger partial charge in [0.15, 0.2) is 8.07 Å². The Balaban J connectivity index is 2.14. The molecule has 26 heavy (non-hydrogen) atoms.